The van der Waals surface area contributed by atoms with Crippen LogP contribution in [0.15, 0.2) is 63.0 Å². The number of nitrogens with zero attached hydrogens (tertiary/aromatic N) is 2. The van der Waals surface area contributed by atoms with Crippen molar-refractivity contribution in [2.75, 3.05) is 13.1 Å². The minimum absolute atomic E-state index is 0.131. The molecule has 27 heavy (non-hydrogen) atoms. The topological polar surface area (TPSA) is 78.8 Å². The van der Waals surface area contributed by atoms with E-state index in [4.69, 9.17) is 0 Å². The van der Waals surface area contributed by atoms with Gasteiger partial charge in [0.05, 0.1) is 11.1 Å². The van der Waals surface area contributed by atoms with Crippen molar-refractivity contribution in [2.24, 2.45) is 5.10 Å². The first kappa shape index (κ1) is 19.7. The minimum Gasteiger partial charge on any atom is -0.267 e. The predicted molar refractivity (Wildman–Crippen MR) is 108 cm³/mol. The number of benzene rings is 2. The Labute approximate surface area is 167 Å². The molecular formula is C19H20BrN3O3S. The molecule has 1 N–H and O–H groups in total. The highest BCUT2D eigenvalue weighted by Crippen LogP contribution is 2.21. The van der Waals surface area contributed by atoms with Gasteiger partial charge in [-0.05, 0) is 37.1 Å². The predicted octanol–water partition coefficient (Wildman–Crippen LogP) is 3.39. The van der Waals surface area contributed by atoms with Gasteiger partial charge >= 0.3 is 0 Å². The first-order chi connectivity index (χ1) is 13.0. The molecule has 1 aliphatic heterocycles. The normalized spacial score (nSPS) is 15.7. The number of carbonyl (C=O) groups excluding carboxylic acids is 1. The summed E-state index contributed by atoms with van der Waals surface area (Å²) in [5.41, 5.74) is 3.50. The fourth-order valence-corrected chi connectivity index (χ4v) is 4.81. The van der Waals surface area contributed by atoms with Crippen LogP contribution in [0.2, 0.25) is 0 Å². The van der Waals surface area contributed by atoms with Gasteiger partial charge in [0.25, 0.3) is 5.91 Å². The van der Waals surface area contributed by atoms with Gasteiger partial charge in [-0.25, -0.2) is 13.8 Å². The lowest BCUT2D eigenvalue weighted by Crippen LogP contribution is -2.35. The van der Waals surface area contributed by atoms with Crippen molar-refractivity contribution in [3.8, 4) is 0 Å². The van der Waals surface area contributed by atoms with Gasteiger partial charge in [0.1, 0.15) is 0 Å². The van der Waals surface area contributed by atoms with Crippen LogP contribution >= 0.6 is 15.9 Å². The molecule has 1 aliphatic rings. The Bertz CT molecular complexity index is 954. The number of sulfonamides is 1. The second kappa shape index (κ2) is 8.77. The highest BCUT2D eigenvalue weighted by Gasteiger charge is 2.26. The number of piperidine rings is 1. The Morgan fingerprint density at radius 3 is 2.56 bits per heavy atom. The summed E-state index contributed by atoms with van der Waals surface area (Å²) in [5.74, 6) is -0.464. The van der Waals surface area contributed by atoms with Crippen LogP contribution in [0.25, 0.3) is 0 Å². The molecule has 1 fully saturated rings. The smallest absolute Gasteiger partial charge is 0.267 e. The van der Waals surface area contributed by atoms with Crippen molar-refractivity contribution in [3.63, 3.8) is 0 Å². The van der Waals surface area contributed by atoms with E-state index in [0.717, 1.165) is 29.3 Å². The molecule has 0 bridgehead atoms. The molecule has 1 saturated heterocycles. The van der Waals surface area contributed by atoms with Crippen LogP contribution in [0.1, 0.15) is 35.2 Å². The number of halogens is 1. The third kappa shape index (κ3) is 4.82. The van der Waals surface area contributed by atoms with Gasteiger partial charge in [-0.2, -0.15) is 9.41 Å². The fraction of sp³-hybridized carbons (Fsp3) is 0.263. The number of rotatable bonds is 5. The van der Waals surface area contributed by atoms with Crippen molar-refractivity contribution in [2.45, 2.75) is 24.2 Å². The molecule has 1 heterocycles. The van der Waals surface area contributed by atoms with Gasteiger partial charge in [-0.3, -0.25) is 4.79 Å². The van der Waals surface area contributed by atoms with Gasteiger partial charge in [-0.1, -0.05) is 46.6 Å². The number of carbonyl (C=O) groups is 1. The second-order valence-electron chi connectivity index (χ2n) is 6.21. The molecule has 0 saturated carbocycles. The molecule has 1 amide bonds. The van der Waals surface area contributed by atoms with E-state index in [0.29, 0.717) is 13.1 Å². The van der Waals surface area contributed by atoms with E-state index in [2.05, 4.69) is 26.5 Å². The maximum absolute atomic E-state index is 12.8. The molecule has 142 valence electrons. The minimum atomic E-state index is -3.58. The number of nitrogens with one attached hydrogen (secondary N) is 1. The standard InChI is InChI=1S/C19H20BrN3O3S/c20-18-10-3-2-7-16(18)14-21-22-19(24)15-8-6-9-17(13-15)27(25,26)23-11-4-1-5-12-23/h2-3,6-10,13-14H,1,4-5,11-12H2,(H,22,24)/b21-14-. The van der Waals surface area contributed by atoms with E-state index in [-0.39, 0.29) is 10.5 Å². The summed E-state index contributed by atoms with van der Waals surface area (Å²) in [7, 11) is -3.58. The first-order valence-corrected chi connectivity index (χ1v) is 10.9. The Morgan fingerprint density at radius 2 is 1.81 bits per heavy atom. The van der Waals surface area contributed by atoms with Crippen molar-refractivity contribution in [3.05, 3.63) is 64.1 Å². The number of hydrazone groups is 1. The Morgan fingerprint density at radius 1 is 1.07 bits per heavy atom. The van der Waals surface area contributed by atoms with Crippen LogP contribution in [0.4, 0.5) is 0 Å². The third-order valence-electron chi connectivity index (χ3n) is 4.32. The zero-order valence-corrected chi connectivity index (χ0v) is 17.0. The van der Waals surface area contributed by atoms with Gasteiger partial charge in [0, 0.05) is 28.7 Å². The van der Waals surface area contributed by atoms with Crippen molar-refractivity contribution >= 4 is 38.1 Å². The molecule has 6 nitrogen and oxygen atoms in total. The highest BCUT2D eigenvalue weighted by atomic mass is 79.9. The molecule has 0 spiro atoms. The van der Waals surface area contributed by atoms with Gasteiger partial charge in [0.15, 0.2) is 0 Å². The van der Waals surface area contributed by atoms with E-state index in [1.807, 2.05) is 24.3 Å². The maximum Gasteiger partial charge on any atom is 0.271 e. The summed E-state index contributed by atoms with van der Waals surface area (Å²) in [6.45, 7) is 1.05. The van der Waals surface area contributed by atoms with E-state index < -0.39 is 15.9 Å². The lowest BCUT2D eigenvalue weighted by Gasteiger charge is -2.25. The monoisotopic (exact) mass is 449 g/mol. The van der Waals surface area contributed by atoms with Crippen molar-refractivity contribution < 1.29 is 13.2 Å². The molecular weight excluding hydrogens is 430 g/mol. The molecule has 2 aromatic carbocycles. The number of hydrogen-bond donors (Lipinski definition) is 1. The third-order valence-corrected chi connectivity index (χ3v) is 6.94. The molecule has 0 aliphatic carbocycles. The lowest BCUT2D eigenvalue weighted by atomic mass is 10.2. The highest BCUT2D eigenvalue weighted by molar-refractivity contribution is 9.10. The van der Waals surface area contributed by atoms with Crippen LogP contribution < -0.4 is 5.43 Å². The zero-order chi connectivity index (χ0) is 19.3. The Hall–Kier alpha value is -2.03. The fourth-order valence-electron chi connectivity index (χ4n) is 2.86. The van der Waals surface area contributed by atoms with Gasteiger partial charge < -0.3 is 0 Å². The molecule has 2 aromatic rings. The SMILES string of the molecule is O=C(N/N=C\c1ccccc1Br)c1cccc(S(=O)(=O)N2CCCCC2)c1. The Kier molecular flexibility index (Phi) is 6.41. The second-order valence-corrected chi connectivity index (χ2v) is 9.01. The molecule has 0 radical (unpaired) electrons. The van der Waals surface area contributed by atoms with Crippen LogP contribution in [-0.4, -0.2) is 37.9 Å². The van der Waals surface area contributed by atoms with Crippen LogP contribution in [0.5, 0.6) is 0 Å². The molecule has 0 unspecified atom stereocenters. The van der Waals surface area contributed by atoms with E-state index in [9.17, 15) is 13.2 Å². The Balaban J connectivity index is 1.73. The molecule has 0 atom stereocenters. The molecule has 3 rings (SSSR count). The summed E-state index contributed by atoms with van der Waals surface area (Å²) in [5, 5.41) is 3.95. The first-order valence-electron chi connectivity index (χ1n) is 8.66. The molecule has 8 heteroatoms. The molecule has 0 aromatic heterocycles. The van der Waals surface area contributed by atoms with E-state index in [1.165, 1.54) is 22.7 Å². The summed E-state index contributed by atoms with van der Waals surface area (Å²) in [6, 6.07) is 13.5. The average molecular weight is 450 g/mol. The van der Waals surface area contributed by atoms with Gasteiger partial charge in [0.2, 0.25) is 10.0 Å². The van der Waals surface area contributed by atoms with E-state index in [1.54, 1.807) is 12.1 Å². The number of hydrogen-bond acceptors (Lipinski definition) is 4. The summed E-state index contributed by atoms with van der Waals surface area (Å²) < 4.78 is 27.9. The maximum atomic E-state index is 12.8. The van der Waals surface area contributed by atoms with Crippen molar-refractivity contribution in [1.29, 1.82) is 0 Å². The largest absolute Gasteiger partial charge is 0.271 e. The zero-order valence-electron chi connectivity index (χ0n) is 14.6. The number of amides is 1. The lowest BCUT2D eigenvalue weighted by molar-refractivity contribution is 0.0955. The summed E-state index contributed by atoms with van der Waals surface area (Å²) in [4.78, 5) is 12.5. The van der Waals surface area contributed by atoms with Crippen LogP contribution in [0, 0.1) is 0 Å². The summed E-state index contributed by atoms with van der Waals surface area (Å²) in [6.07, 6.45) is 4.30. The van der Waals surface area contributed by atoms with Crippen LogP contribution in [0.3, 0.4) is 0 Å². The summed E-state index contributed by atoms with van der Waals surface area (Å²) >= 11 is 3.40. The average Bonchev–Trinajstić information content (AvgIpc) is 2.70. The quantitative estimate of drug-likeness (QED) is 0.561. The van der Waals surface area contributed by atoms with E-state index >= 15 is 0 Å². The van der Waals surface area contributed by atoms with Crippen molar-refractivity contribution in [1.82, 2.24) is 9.73 Å². The van der Waals surface area contributed by atoms with Gasteiger partial charge in [-0.15, -0.1) is 0 Å². The van der Waals surface area contributed by atoms with Crippen LogP contribution in [-0.2, 0) is 10.0 Å².